The number of rotatable bonds is 1. The van der Waals surface area contributed by atoms with Crippen molar-refractivity contribution in [2.75, 3.05) is 20.6 Å². The Balaban J connectivity index is 0.000000144. The summed E-state index contributed by atoms with van der Waals surface area (Å²) in [6.45, 7) is 3.26. The van der Waals surface area contributed by atoms with Crippen LogP contribution in [0.2, 0.25) is 0 Å². The highest BCUT2D eigenvalue weighted by molar-refractivity contribution is 4.75. The van der Waals surface area contributed by atoms with E-state index in [0.29, 0.717) is 6.04 Å². The molecule has 1 fully saturated rings. The zero-order valence-electron chi connectivity index (χ0n) is 6.72. The van der Waals surface area contributed by atoms with Crippen LogP contribution < -0.4 is 5.73 Å². The Kier molecular flexibility index (Phi) is 4.72. The fourth-order valence-electron chi connectivity index (χ4n) is 0.0962. The Morgan fingerprint density at radius 2 is 1.67 bits per heavy atom. The Morgan fingerprint density at radius 3 is 1.67 bits per heavy atom. The average Bonchev–Trinajstić information content (AvgIpc) is 2.53. The molecule has 9 heavy (non-hydrogen) atoms. The highest BCUT2D eigenvalue weighted by Crippen LogP contribution is 2.13. The summed E-state index contributed by atoms with van der Waals surface area (Å²) in [4.78, 5) is 2.12. The summed E-state index contributed by atoms with van der Waals surface area (Å²) in [6, 6.07) is 0.583. The Morgan fingerprint density at radius 1 is 1.44 bits per heavy atom. The van der Waals surface area contributed by atoms with E-state index in [4.69, 9.17) is 5.73 Å². The molecule has 0 heterocycles. The Hall–Kier alpha value is -0.0800. The van der Waals surface area contributed by atoms with E-state index in [-0.39, 0.29) is 0 Å². The smallest absolute Gasteiger partial charge is 0.00399 e. The van der Waals surface area contributed by atoms with Crippen molar-refractivity contribution in [3.63, 3.8) is 0 Å². The number of hydrogen-bond donors (Lipinski definition) is 1. The molecular formula is C7H18N2. The van der Waals surface area contributed by atoms with Crippen LogP contribution >= 0.6 is 0 Å². The van der Waals surface area contributed by atoms with Crippen molar-refractivity contribution >= 4 is 0 Å². The van der Waals surface area contributed by atoms with Crippen LogP contribution in [-0.2, 0) is 0 Å². The highest BCUT2D eigenvalue weighted by atomic mass is 15.0. The van der Waals surface area contributed by atoms with E-state index >= 15 is 0 Å². The molecule has 2 N–H and O–H groups in total. The molecule has 2 heteroatoms. The summed E-state index contributed by atoms with van der Waals surface area (Å²) in [5.41, 5.74) is 5.22. The fraction of sp³-hybridized carbons (Fsp3) is 1.00. The van der Waals surface area contributed by atoms with Gasteiger partial charge in [0.25, 0.3) is 0 Å². The molecule has 0 aromatic heterocycles. The first-order valence-electron chi connectivity index (χ1n) is 3.57. The lowest BCUT2D eigenvalue weighted by Gasteiger charge is -2.00. The normalized spacial score (nSPS) is 17.0. The number of nitrogens with two attached hydrogens (primary N) is 1. The largest absolute Gasteiger partial charge is 0.328 e. The molecule has 2 nitrogen and oxygen atoms in total. The van der Waals surface area contributed by atoms with Gasteiger partial charge in [0.15, 0.2) is 0 Å². The minimum atomic E-state index is 0.583. The van der Waals surface area contributed by atoms with E-state index < -0.39 is 0 Å². The maximum absolute atomic E-state index is 5.22. The van der Waals surface area contributed by atoms with Crippen molar-refractivity contribution in [1.29, 1.82) is 0 Å². The van der Waals surface area contributed by atoms with E-state index in [0.717, 1.165) is 6.54 Å². The van der Waals surface area contributed by atoms with Gasteiger partial charge in [-0.2, -0.15) is 0 Å². The van der Waals surface area contributed by atoms with Gasteiger partial charge in [0, 0.05) is 6.04 Å². The van der Waals surface area contributed by atoms with E-state index in [2.05, 4.69) is 25.9 Å². The van der Waals surface area contributed by atoms with Crippen LogP contribution in [0.5, 0.6) is 0 Å². The van der Waals surface area contributed by atoms with Crippen LogP contribution in [0.3, 0.4) is 0 Å². The highest BCUT2D eigenvalue weighted by Gasteiger charge is 2.13. The minimum Gasteiger partial charge on any atom is -0.328 e. The van der Waals surface area contributed by atoms with Crippen LogP contribution in [0.15, 0.2) is 0 Å². The molecule has 0 saturated heterocycles. The monoisotopic (exact) mass is 130 g/mol. The number of nitrogens with zero attached hydrogens (tertiary/aromatic N) is 1. The maximum atomic E-state index is 5.22. The van der Waals surface area contributed by atoms with E-state index in [9.17, 15) is 0 Å². The van der Waals surface area contributed by atoms with Crippen LogP contribution in [0, 0.1) is 0 Å². The molecule has 0 amide bonds. The van der Waals surface area contributed by atoms with E-state index in [1.54, 1.807) is 0 Å². The summed E-state index contributed by atoms with van der Waals surface area (Å²) in [6.07, 6.45) is 2.53. The summed E-state index contributed by atoms with van der Waals surface area (Å²) in [5, 5.41) is 0. The second-order valence-corrected chi connectivity index (χ2v) is 2.73. The fourth-order valence-corrected chi connectivity index (χ4v) is 0.0962. The molecule has 56 valence electrons. The molecular weight excluding hydrogens is 112 g/mol. The lowest BCUT2D eigenvalue weighted by Crippen LogP contribution is -2.08. The summed E-state index contributed by atoms with van der Waals surface area (Å²) >= 11 is 0. The van der Waals surface area contributed by atoms with Gasteiger partial charge in [-0.1, -0.05) is 6.92 Å². The van der Waals surface area contributed by atoms with Crippen LogP contribution in [0.25, 0.3) is 0 Å². The molecule has 1 aliphatic carbocycles. The van der Waals surface area contributed by atoms with Crippen molar-refractivity contribution in [2.24, 2.45) is 5.73 Å². The average molecular weight is 130 g/mol. The molecule has 1 saturated carbocycles. The third-order valence-electron chi connectivity index (χ3n) is 1.25. The zero-order chi connectivity index (χ0) is 7.28. The molecule has 0 atom stereocenters. The second-order valence-electron chi connectivity index (χ2n) is 2.73. The molecule has 0 aromatic carbocycles. The first-order chi connectivity index (χ1) is 4.16. The van der Waals surface area contributed by atoms with Gasteiger partial charge in [-0.15, -0.1) is 0 Å². The van der Waals surface area contributed by atoms with Gasteiger partial charge < -0.3 is 10.6 Å². The third kappa shape index (κ3) is 11.5. The van der Waals surface area contributed by atoms with Crippen molar-refractivity contribution in [3.05, 3.63) is 0 Å². The van der Waals surface area contributed by atoms with Gasteiger partial charge in [0.1, 0.15) is 0 Å². The van der Waals surface area contributed by atoms with Crippen molar-refractivity contribution in [1.82, 2.24) is 4.90 Å². The molecule has 1 aliphatic rings. The predicted octanol–water partition coefficient (Wildman–Crippen LogP) is 0.675. The first-order valence-corrected chi connectivity index (χ1v) is 3.57. The van der Waals surface area contributed by atoms with Gasteiger partial charge in [0.2, 0.25) is 0 Å². The quantitative estimate of drug-likeness (QED) is 0.565. The maximum Gasteiger partial charge on any atom is 0.00399 e. The summed E-state index contributed by atoms with van der Waals surface area (Å²) in [5.74, 6) is 0. The standard InChI is InChI=1S/C4H11N.C3H7N/c1-4-5(2)3;4-3-1-2-3/h4H2,1-3H3;3H,1-2,4H2. The molecule has 0 radical (unpaired) electrons. The molecule has 0 bridgehead atoms. The Bertz CT molecular complexity index is 57.9. The van der Waals surface area contributed by atoms with Crippen molar-refractivity contribution in [2.45, 2.75) is 25.8 Å². The predicted molar refractivity (Wildman–Crippen MR) is 41.4 cm³/mol. The summed E-state index contributed by atoms with van der Waals surface area (Å²) < 4.78 is 0. The first kappa shape index (κ1) is 8.92. The van der Waals surface area contributed by atoms with Gasteiger partial charge in [-0.3, -0.25) is 0 Å². The van der Waals surface area contributed by atoms with Crippen LogP contribution in [0.1, 0.15) is 19.8 Å². The SMILES string of the molecule is CCN(C)C.NC1CC1. The van der Waals surface area contributed by atoms with E-state index in [1.807, 2.05) is 0 Å². The van der Waals surface area contributed by atoms with Crippen LogP contribution in [-0.4, -0.2) is 31.6 Å². The van der Waals surface area contributed by atoms with E-state index in [1.165, 1.54) is 12.8 Å². The van der Waals surface area contributed by atoms with Crippen LogP contribution in [0.4, 0.5) is 0 Å². The molecule has 0 aromatic rings. The zero-order valence-corrected chi connectivity index (χ0v) is 6.72. The van der Waals surface area contributed by atoms with Gasteiger partial charge >= 0.3 is 0 Å². The second kappa shape index (κ2) is 4.77. The summed E-state index contributed by atoms with van der Waals surface area (Å²) in [7, 11) is 4.11. The lowest BCUT2D eigenvalue weighted by atomic mass is 10.7. The third-order valence-corrected chi connectivity index (χ3v) is 1.25. The molecule has 0 spiro atoms. The van der Waals surface area contributed by atoms with Gasteiger partial charge in [-0.05, 0) is 33.5 Å². The van der Waals surface area contributed by atoms with Crippen molar-refractivity contribution < 1.29 is 0 Å². The van der Waals surface area contributed by atoms with Gasteiger partial charge in [-0.25, -0.2) is 0 Å². The number of hydrogen-bond acceptors (Lipinski definition) is 2. The Labute approximate surface area is 58.0 Å². The van der Waals surface area contributed by atoms with Gasteiger partial charge in [0.05, 0.1) is 0 Å². The topological polar surface area (TPSA) is 29.3 Å². The molecule has 0 aliphatic heterocycles. The lowest BCUT2D eigenvalue weighted by molar-refractivity contribution is 0.434. The molecule has 0 unspecified atom stereocenters. The van der Waals surface area contributed by atoms with Crippen molar-refractivity contribution in [3.8, 4) is 0 Å². The molecule has 1 rings (SSSR count). The minimum absolute atomic E-state index is 0.583.